The molecule has 1 aliphatic rings. The zero-order valence-electron chi connectivity index (χ0n) is 14.1. The fraction of sp³-hybridized carbons (Fsp3) is 0.211. The summed E-state index contributed by atoms with van der Waals surface area (Å²) in [4.78, 5) is 23.6. The van der Waals surface area contributed by atoms with Gasteiger partial charge >= 0.3 is 0 Å². The minimum atomic E-state index is -1.59. The minimum absolute atomic E-state index is 0.323. The number of likely N-dealkylation sites (N-methyl/N-ethyl adjacent to an activating group) is 1. The quantitative estimate of drug-likeness (QED) is 0.643. The Balaban J connectivity index is 1.68. The van der Waals surface area contributed by atoms with Crippen LogP contribution < -0.4 is 5.73 Å². The number of benzene rings is 1. The van der Waals surface area contributed by atoms with Crippen molar-refractivity contribution in [1.82, 2.24) is 14.9 Å². The molecule has 0 radical (unpaired) electrons. The van der Waals surface area contributed by atoms with E-state index in [4.69, 9.17) is 5.73 Å². The lowest BCUT2D eigenvalue weighted by molar-refractivity contribution is -0.137. The highest BCUT2D eigenvalue weighted by Crippen LogP contribution is 2.34. The van der Waals surface area contributed by atoms with Gasteiger partial charge in [-0.25, -0.2) is 9.97 Å². The molecule has 3 aromatic rings. The maximum atomic E-state index is 12.0. The molecule has 1 aliphatic heterocycles. The van der Waals surface area contributed by atoms with Crippen molar-refractivity contribution in [2.45, 2.75) is 12.0 Å². The van der Waals surface area contributed by atoms with E-state index in [1.165, 1.54) is 22.6 Å². The van der Waals surface area contributed by atoms with E-state index < -0.39 is 5.60 Å². The molecule has 6 nitrogen and oxygen atoms in total. The van der Waals surface area contributed by atoms with Crippen LogP contribution >= 0.6 is 11.3 Å². The molecule has 130 valence electrons. The Morgan fingerprint density at radius 3 is 2.92 bits per heavy atom. The number of nitrogens with zero attached hydrogens (tertiary/aromatic N) is 3. The Kier molecular flexibility index (Phi) is 3.87. The minimum Gasteiger partial charge on any atom is -0.383 e. The fourth-order valence-corrected chi connectivity index (χ4v) is 3.91. The number of carbonyl (C=O) groups is 1. The molecule has 3 N–H and O–H groups in total. The normalized spacial score (nSPS) is 19.6. The van der Waals surface area contributed by atoms with E-state index in [9.17, 15) is 9.90 Å². The number of anilines is 1. The molecule has 1 atom stereocenters. The number of likely N-dealkylation sites (tertiary alicyclic amines) is 1. The number of nitrogen functional groups attached to an aromatic ring is 1. The summed E-state index contributed by atoms with van der Waals surface area (Å²) < 4.78 is 0. The molecule has 0 saturated carbocycles. The number of carbonyl (C=O) groups excluding carboxylic acids is 1. The van der Waals surface area contributed by atoms with Crippen LogP contribution in [-0.4, -0.2) is 45.1 Å². The van der Waals surface area contributed by atoms with Crippen molar-refractivity contribution in [1.29, 1.82) is 0 Å². The summed E-state index contributed by atoms with van der Waals surface area (Å²) in [6, 6.07) is 9.61. The molecule has 0 bridgehead atoms. The van der Waals surface area contributed by atoms with Gasteiger partial charge in [0.15, 0.2) is 0 Å². The van der Waals surface area contributed by atoms with Crippen molar-refractivity contribution in [3.63, 3.8) is 0 Å². The summed E-state index contributed by atoms with van der Waals surface area (Å²) >= 11 is 1.53. The van der Waals surface area contributed by atoms with E-state index in [-0.39, 0.29) is 5.91 Å². The van der Waals surface area contributed by atoms with Crippen LogP contribution in [0, 0.1) is 11.8 Å². The Hall–Kier alpha value is -2.95. The molecule has 1 fully saturated rings. The van der Waals surface area contributed by atoms with Gasteiger partial charge in [-0.15, -0.1) is 11.3 Å². The Morgan fingerprint density at radius 1 is 1.35 bits per heavy atom. The van der Waals surface area contributed by atoms with Gasteiger partial charge in [0.25, 0.3) is 5.91 Å². The van der Waals surface area contributed by atoms with Crippen molar-refractivity contribution < 1.29 is 9.90 Å². The van der Waals surface area contributed by atoms with Crippen molar-refractivity contribution in [2.75, 3.05) is 19.3 Å². The molecule has 26 heavy (non-hydrogen) atoms. The third-order valence-electron chi connectivity index (χ3n) is 4.43. The Bertz CT molecular complexity index is 1080. The maximum absolute atomic E-state index is 12.0. The summed E-state index contributed by atoms with van der Waals surface area (Å²) in [7, 11) is 1.67. The lowest BCUT2D eigenvalue weighted by atomic mass is 10.0. The van der Waals surface area contributed by atoms with Gasteiger partial charge in [-0.3, -0.25) is 4.79 Å². The number of aliphatic hydroxyl groups is 1. The first-order valence-electron chi connectivity index (χ1n) is 8.08. The number of rotatable bonds is 1. The van der Waals surface area contributed by atoms with Gasteiger partial charge in [0, 0.05) is 30.5 Å². The predicted octanol–water partition coefficient (Wildman–Crippen LogP) is 1.89. The van der Waals surface area contributed by atoms with Gasteiger partial charge in [-0.1, -0.05) is 24.0 Å². The number of amides is 1. The molecule has 0 spiro atoms. The zero-order chi connectivity index (χ0) is 18.3. The smallest absolute Gasteiger partial charge is 0.267 e. The van der Waals surface area contributed by atoms with E-state index in [1.807, 2.05) is 30.3 Å². The monoisotopic (exact) mass is 364 g/mol. The molecule has 7 heteroatoms. The van der Waals surface area contributed by atoms with Crippen molar-refractivity contribution in [2.24, 2.45) is 0 Å². The van der Waals surface area contributed by atoms with E-state index in [1.54, 1.807) is 7.05 Å². The lowest BCUT2D eigenvalue weighted by Crippen LogP contribution is -2.37. The Labute approximate surface area is 154 Å². The number of fused-ring (bicyclic) bond motifs is 1. The molecule has 1 aromatic carbocycles. The second-order valence-electron chi connectivity index (χ2n) is 6.26. The van der Waals surface area contributed by atoms with Gasteiger partial charge in [0.1, 0.15) is 17.0 Å². The Morgan fingerprint density at radius 2 is 2.19 bits per heavy atom. The van der Waals surface area contributed by atoms with Crippen molar-refractivity contribution >= 4 is 33.3 Å². The van der Waals surface area contributed by atoms with E-state index in [0.717, 1.165) is 26.2 Å². The van der Waals surface area contributed by atoms with Crippen LogP contribution in [0.3, 0.4) is 0 Å². The first-order valence-corrected chi connectivity index (χ1v) is 8.89. The molecule has 1 saturated heterocycles. The van der Waals surface area contributed by atoms with E-state index in [2.05, 4.69) is 21.8 Å². The first kappa shape index (κ1) is 16.5. The van der Waals surface area contributed by atoms with Crippen LogP contribution in [0.5, 0.6) is 0 Å². The van der Waals surface area contributed by atoms with Crippen LogP contribution in [0.25, 0.3) is 20.7 Å². The average molecular weight is 364 g/mol. The van der Waals surface area contributed by atoms with Crippen LogP contribution in [-0.2, 0) is 4.79 Å². The average Bonchev–Trinajstić information content (AvgIpc) is 3.19. The fourth-order valence-electron chi connectivity index (χ4n) is 2.91. The zero-order valence-corrected chi connectivity index (χ0v) is 14.9. The first-order chi connectivity index (χ1) is 12.5. The molecule has 2 aromatic heterocycles. The molecule has 3 heterocycles. The number of aromatic nitrogens is 2. The van der Waals surface area contributed by atoms with Gasteiger partial charge in [-0.2, -0.15) is 0 Å². The highest BCUT2D eigenvalue weighted by atomic mass is 32.1. The molecule has 1 unspecified atom stereocenters. The molecule has 4 rings (SSSR count). The van der Waals surface area contributed by atoms with Crippen LogP contribution in [0.2, 0.25) is 0 Å². The summed E-state index contributed by atoms with van der Waals surface area (Å²) in [5, 5.41) is 11.2. The van der Waals surface area contributed by atoms with Crippen LogP contribution in [0.1, 0.15) is 12.0 Å². The summed E-state index contributed by atoms with van der Waals surface area (Å²) in [5.41, 5.74) is 6.02. The largest absolute Gasteiger partial charge is 0.383 e. The second kappa shape index (κ2) is 6.09. The van der Waals surface area contributed by atoms with Crippen molar-refractivity contribution in [3.8, 4) is 22.3 Å². The summed E-state index contributed by atoms with van der Waals surface area (Å²) in [5.74, 6) is 5.79. The molecular formula is C19H16N4O2S. The number of hydrogen-bond donors (Lipinski definition) is 2. The number of nitrogens with two attached hydrogens (primary N) is 1. The summed E-state index contributed by atoms with van der Waals surface area (Å²) in [6.45, 7) is 0.508. The third kappa shape index (κ3) is 2.79. The molecule has 1 amide bonds. The second-order valence-corrected chi connectivity index (χ2v) is 7.29. The maximum Gasteiger partial charge on any atom is 0.267 e. The highest BCUT2D eigenvalue weighted by molar-refractivity contribution is 7.21. The lowest BCUT2D eigenvalue weighted by Gasteiger charge is -2.13. The SMILES string of the molecule is CN1CCC(O)(C#Cc2cccc(-c3cc4c(N)ncnc4s3)c2)C1=O. The van der Waals surface area contributed by atoms with Gasteiger partial charge in [-0.05, 0) is 23.8 Å². The van der Waals surface area contributed by atoms with Gasteiger partial charge in [0.05, 0.1) is 5.39 Å². The highest BCUT2D eigenvalue weighted by Gasteiger charge is 2.42. The molecular weight excluding hydrogens is 348 g/mol. The van der Waals surface area contributed by atoms with Crippen molar-refractivity contribution in [3.05, 3.63) is 42.2 Å². The van der Waals surface area contributed by atoms with E-state index in [0.29, 0.717) is 18.8 Å². The van der Waals surface area contributed by atoms with Gasteiger partial charge in [0.2, 0.25) is 5.60 Å². The standard InChI is InChI=1S/C19H16N4O2S/c1-23-8-7-19(25,18(23)24)6-5-12-3-2-4-13(9-12)15-10-14-16(20)21-11-22-17(14)26-15/h2-4,9-11,25H,7-8H2,1H3,(H2,20,21,22). The van der Waals surface area contributed by atoms with Gasteiger partial charge < -0.3 is 15.7 Å². The number of hydrogen-bond acceptors (Lipinski definition) is 6. The predicted molar refractivity (Wildman–Crippen MR) is 101 cm³/mol. The van der Waals surface area contributed by atoms with Crippen LogP contribution in [0.4, 0.5) is 5.82 Å². The number of thiophene rings is 1. The summed E-state index contributed by atoms with van der Waals surface area (Å²) in [6.07, 6.45) is 1.78. The van der Waals surface area contributed by atoms with E-state index >= 15 is 0 Å². The topological polar surface area (TPSA) is 92.3 Å². The van der Waals surface area contributed by atoms with Crippen LogP contribution in [0.15, 0.2) is 36.7 Å². The third-order valence-corrected chi connectivity index (χ3v) is 5.52. The molecule has 0 aliphatic carbocycles.